The van der Waals surface area contributed by atoms with Crippen LogP contribution in [0, 0.1) is 5.92 Å². The van der Waals surface area contributed by atoms with E-state index < -0.39 is 10.0 Å². The van der Waals surface area contributed by atoms with E-state index in [4.69, 9.17) is 9.47 Å². The second-order valence-electron chi connectivity index (χ2n) is 7.69. The van der Waals surface area contributed by atoms with Crippen molar-refractivity contribution in [2.45, 2.75) is 31.8 Å². The summed E-state index contributed by atoms with van der Waals surface area (Å²) in [5.41, 5.74) is 1.08. The third-order valence-electron chi connectivity index (χ3n) is 4.90. The van der Waals surface area contributed by atoms with Gasteiger partial charge in [-0.15, -0.1) is 0 Å². The second-order valence-corrected chi connectivity index (χ2v) is 9.62. The van der Waals surface area contributed by atoms with E-state index in [2.05, 4.69) is 4.98 Å². The van der Waals surface area contributed by atoms with Gasteiger partial charge in [0.25, 0.3) is 0 Å². The molecule has 0 saturated carbocycles. The summed E-state index contributed by atoms with van der Waals surface area (Å²) in [5.74, 6) is 2.26. The highest BCUT2D eigenvalue weighted by atomic mass is 32.2. The predicted octanol–water partition coefficient (Wildman–Crippen LogP) is 3.80. The molecule has 0 N–H and O–H groups in total. The van der Waals surface area contributed by atoms with Crippen LogP contribution in [0.5, 0.6) is 11.5 Å². The zero-order valence-electron chi connectivity index (χ0n) is 18.4. The number of hydrogen-bond donors (Lipinski definition) is 0. The van der Waals surface area contributed by atoms with Gasteiger partial charge in [-0.2, -0.15) is 4.31 Å². The van der Waals surface area contributed by atoms with E-state index >= 15 is 0 Å². The average Bonchev–Trinajstić information content (AvgIpc) is 3.20. The van der Waals surface area contributed by atoms with Crippen molar-refractivity contribution in [3.05, 3.63) is 72.3 Å². The number of aromatic nitrogens is 2. The number of methoxy groups -OCH3 is 2. The monoisotopic (exact) mass is 443 g/mol. The molecule has 8 heteroatoms. The van der Waals surface area contributed by atoms with Crippen LogP contribution in [0.1, 0.15) is 25.2 Å². The van der Waals surface area contributed by atoms with Crippen LogP contribution in [-0.4, -0.2) is 43.0 Å². The van der Waals surface area contributed by atoms with Gasteiger partial charge in [0, 0.05) is 25.5 Å². The van der Waals surface area contributed by atoms with Gasteiger partial charge in [0.2, 0.25) is 10.0 Å². The van der Waals surface area contributed by atoms with Crippen molar-refractivity contribution in [2.24, 2.45) is 5.92 Å². The molecule has 3 rings (SSSR count). The summed E-state index contributed by atoms with van der Waals surface area (Å²) in [6, 6.07) is 14.3. The van der Waals surface area contributed by atoms with Crippen LogP contribution < -0.4 is 9.47 Å². The molecule has 0 spiro atoms. The number of sulfonamides is 1. The Labute approximate surface area is 184 Å². The summed E-state index contributed by atoms with van der Waals surface area (Å²) in [6.45, 7) is 5.18. The van der Waals surface area contributed by atoms with E-state index in [1.807, 2.05) is 48.9 Å². The topological polar surface area (TPSA) is 73.7 Å². The lowest BCUT2D eigenvalue weighted by molar-refractivity contribution is 0.350. The van der Waals surface area contributed by atoms with Gasteiger partial charge in [0.15, 0.2) is 0 Å². The van der Waals surface area contributed by atoms with Crippen LogP contribution in [0.4, 0.5) is 0 Å². The zero-order chi connectivity index (χ0) is 22.4. The molecule has 3 aromatic rings. The first-order chi connectivity index (χ1) is 14.8. The Morgan fingerprint density at radius 3 is 2.10 bits per heavy atom. The van der Waals surface area contributed by atoms with Gasteiger partial charge in [-0.3, -0.25) is 0 Å². The summed E-state index contributed by atoms with van der Waals surface area (Å²) in [4.78, 5) is 4.68. The van der Waals surface area contributed by atoms with Crippen LogP contribution >= 0.6 is 0 Å². The summed E-state index contributed by atoms with van der Waals surface area (Å²) >= 11 is 0. The Hall–Kier alpha value is -2.84. The third-order valence-corrected chi connectivity index (χ3v) is 6.72. The van der Waals surface area contributed by atoms with E-state index in [1.165, 1.54) is 4.31 Å². The fraction of sp³-hybridized carbons (Fsp3) is 0.348. The minimum atomic E-state index is -3.69. The van der Waals surface area contributed by atoms with E-state index in [1.54, 1.807) is 44.7 Å². The molecule has 0 aliphatic heterocycles. The quantitative estimate of drug-likeness (QED) is 0.477. The number of hydrogen-bond acceptors (Lipinski definition) is 5. The van der Waals surface area contributed by atoms with Gasteiger partial charge in [-0.05, 0) is 47.9 Å². The summed E-state index contributed by atoms with van der Waals surface area (Å²) in [7, 11) is -0.501. The molecule has 0 aliphatic rings. The minimum Gasteiger partial charge on any atom is -0.497 e. The smallest absolute Gasteiger partial charge is 0.243 e. The predicted molar refractivity (Wildman–Crippen MR) is 120 cm³/mol. The van der Waals surface area contributed by atoms with Crippen LogP contribution in [0.2, 0.25) is 0 Å². The number of rotatable bonds is 10. The maximum Gasteiger partial charge on any atom is 0.243 e. The van der Waals surface area contributed by atoms with E-state index in [0.717, 1.165) is 11.3 Å². The maximum atomic E-state index is 13.4. The summed E-state index contributed by atoms with van der Waals surface area (Å²) in [6.07, 6.45) is 3.57. The highest BCUT2D eigenvalue weighted by Gasteiger charge is 2.27. The van der Waals surface area contributed by atoms with Gasteiger partial charge in [0.1, 0.15) is 17.3 Å². The largest absolute Gasteiger partial charge is 0.497 e. The Kier molecular flexibility index (Phi) is 7.35. The molecule has 0 aliphatic carbocycles. The third kappa shape index (κ3) is 5.65. The zero-order valence-corrected chi connectivity index (χ0v) is 19.2. The molecule has 0 fully saturated rings. The van der Waals surface area contributed by atoms with Gasteiger partial charge in [-0.25, -0.2) is 13.4 Å². The van der Waals surface area contributed by atoms with Gasteiger partial charge in [-0.1, -0.05) is 26.0 Å². The number of nitrogens with zero attached hydrogens (tertiary/aromatic N) is 3. The molecule has 0 radical (unpaired) electrons. The lowest BCUT2D eigenvalue weighted by Crippen LogP contribution is -2.34. The van der Waals surface area contributed by atoms with Gasteiger partial charge >= 0.3 is 0 Å². The molecule has 7 nitrogen and oxygen atoms in total. The van der Waals surface area contributed by atoms with E-state index in [9.17, 15) is 8.42 Å². The van der Waals surface area contributed by atoms with Gasteiger partial charge in [0.05, 0.1) is 25.7 Å². The lowest BCUT2D eigenvalue weighted by Gasteiger charge is -2.24. The average molecular weight is 444 g/mol. The van der Waals surface area contributed by atoms with Crippen molar-refractivity contribution in [3.8, 4) is 11.5 Å². The highest BCUT2D eigenvalue weighted by Crippen LogP contribution is 2.22. The van der Waals surface area contributed by atoms with Crippen molar-refractivity contribution < 1.29 is 17.9 Å². The molecule has 0 atom stereocenters. The van der Waals surface area contributed by atoms with Crippen molar-refractivity contribution in [2.75, 3.05) is 20.8 Å². The summed E-state index contributed by atoms with van der Waals surface area (Å²) < 4.78 is 40.6. The van der Waals surface area contributed by atoms with Crippen molar-refractivity contribution in [1.29, 1.82) is 0 Å². The van der Waals surface area contributed by atoms with Crippen LogP contribution in [0.3, 0.4) is 0 Å². The van der Waals surface area contributed by atoms with Crippen molar-refractivity contribution in [1.82, 2.24) is 13.9 Å². The van der Waals surface area contributed by atoms with Crippen LogP contribution in [-0.2, 0) is 23.1 Å². The maximum absolute atomic E-state index is 13.4. The number of benzene rings is 2. The molecule has 2 aromatic carbocycles. The Balaban J connectivity index is 1.85. The molecule has 0 amide bonds. The lowest BCUT2D eigenvalue weighted by atomic mass is 10.2. The Morgan fingerprint density at radius 1 is 0.968 bits per heavy atom. The molecule has 1 aromatic heterocycles. The Morgan fingerprint density at radius 2 is 1.55 bits per heavy atom. The van der Waals surface area contributed by atoms with Crippen molar-refractivity contribution >= 4 is 10.0 Å². The van der Waals surface area contributed by atoms with Crippen molar-refractivity contribution in [3.63, 3.8) is 0 Å². The summed E-state index contributed by atoms with van der Waals surface area (Å²) in [5, 5.41) is 0. The first-order valence-corrected chi connectivity index (χ1v) is 11.5. The normalized spacial score (nSPS) is 11.8. The number of imidazole rings is 1. The molecule has 0 bridgehead atoms. The minimum absolute atomic E-state index is 0.165. The molecule has 166 valence electrons. The molecule has 31 heavy (non-hydrogen) atoms. The van der Waals surface area contributed by atoms with E-state index in [0.29, 0.717) is 24.7 Å². The first kappa shape index (κ1) is 22.8. The molecule has 1 heterocycles. The SMILES string of the molecule is COc1ccc(Cn2ccnc2CN(CC(C)C)S(=O)(=O)c2ccc(OC)cc2)cc1. The van der Waals surface area contributed by atoms with Crippen LogP contribution in [0.25, 0.3) is 0 Å². The molecular weight excluding hydrogens is 414 g/mol. The highest BCUT2D eigenvalue weighted by molar-refractivity contribution is 7.89. The fourth-order valence-corrected chi connectivity index (χ4v) is 4.83. The van der Waals surface area contributed by atoms with Crippen LogP contribution in [0.15, 0.2) is 65.8 Å². The Bertz CT molecular complexity index is 1070. The fourth-order valence-electron chi connectivity index (χ4n) is 3.27. The molecule has 0 unspecified atom stereocenters. The standard InChI is InChI=1S/C23H29N3O4S/c1-18(2)15-26(31(27,28)22-11-9-21(30-4)10-12-22)17-23-24-13-14-25(23)16-19-5-7-20(29-3)8-6-19/h5-14,18H,15-17H2,1-4H3. The second kappa shape index (κ2) is 9.98. The molecular formula is C23H29N3O4S. The van der Waals surface area contributed by atoms with Gasteiger partial charge < -0.3 is 14.0 Å². The first-order valence-electron chi connectivity index (χ1n) is 10.1. The van der Waals surface area contributed by atoms with E-state index in [-0.39, 0.29) is 17.4 Å². The molecule has 0 saturated heterocycles. The number of ether oxygens (including phenoxy) is 2.